The maximum absolute atomic E-state index is 7.46. The van der Waals surface area contributed by atoms with Gasteiger partial charge < -0.3 is 11.2 Å². The summed E-state index contributed by atoms with van der Waals surface area (Å²) in [6.45, 7) is 0.702. The topological polar surface area (TPSA) is 99.5 Å². The van der Waals surface area contributed by atoms with Gasteiger partial charge in [0.15, 0.2) is 5.84 Å². The van der Waals surface area contributed by atoms with Crippen LogP contribution in [0.25, 0.3) is 0 Å². The van der Waals surface area contributed by atoms with Crippen LogP contribution < -0.4 is 11.2 Å². The summed E-state index contributed by atoms with van der Waals surface area (Å²) in [4.78, 5) is 3.98. The van der Waals surface area contributed by atoms with E-state index in [2.05, 4.69) is 20.6 Å². The van der Waals surface area contributed by atoms with Crippen LogP contribution in [0.5, 0.6) is 0 Å². The molecular formula is C8H12N6. The molecule has 74 valence electrons. The number of hydrogen-bond donors (Lipinski definition) is 3. The monoisotopic (exact) mass is 192 g/mol. The molecule has 0 amide bonds. The Kier molecular flexibility index (Phi) is 3.69. The van der Waals surface area contributed by atoms with Crippen molar-refractivity contribution >= 4 is 5.84 Å². The van der Waals surface area contributed by atoms with Crippen molar-refractivity contribution in [2.24, 2.45) is 16.2 Å². The number of aromatic nitrogens is 1. The fourth-order valence-electron chi connectivity index (χ4n) is 1.03. The van der Waals surface area contributed by atoms with Crippen molar-refractivity contribution in [1.82, 2.24) is 10.3 Å². The minimum absolute atomic E-state index is 0.0120. The second-order valence-electron chi connectivity index (χ2n) is 2.68. The highest BCUT2D eigenvalue weighted by atomic mass is 15.3. The lowest BCUT2D eigenvalue weighted by atomic mass is 10.2. The first-order valence-electron chi connectivity index (χ1n) is 4.06. The molecule has 14 heavy (non-hydrogen) atoms. The van der Waals surface area contributed by atoms with Gasteiger partial charge in [-0.25, -0.2) is 0 Å². The molecule has 0 aliphatic carbocycles. The molecule has 0 radical (unpaired) electrons. The molecular weight excluding hydrogens is 180 g/mol. The first-order chi connectivity index (χ1) is 6.77. The zero-order chi connectivity index (χ0) is 10.4. The first kappa shape index (κ1) is 10.3. The summed E-state index contributed by atoms with van der Waals surface area (Å²) in [5.74, 6) is 4.86. The Balaban J connectivity index is 2.87. The van der Waals surface area contributed by atoms with Gasteiger partial charge >= 0.3 is 0 Å². The predicted molar refractivity (Wildman–Crippen MR) is 52.9 cm³/mol. The lowest BCUT2D eigenvalue weighted by Crippen LogP contribution is -2.06. The Morgan fingerprint density at radius 1 is 1.64 bits per heavy atom. The molecule has 0 saturated heterocycles. The van der Waals surface area contributed by atoms with E-state index in [0.717, 1.165) is 5.56 Å². The molecule has 1 rings (SSSR count). The van der Waals surface area contributed by atoms with E-state index in [1.807, 2.05) is 13.1 Å². The summed E-state index contributed by atoms with van der Waals surface area (Å²) < 4.78 is 0. The molecule has 0 bridgehead atoms. The van der Waals surface area contributed by atoms with Crippen molar-refractivity contribution in [3.8, 4) is 0 Å². The molecule has 0 aliphatic rings. The van der Waals surface area contributed by atoms with Crippen LogP contribution in [-0.2, 0) is 6.54 Å². The Morgan fingerprint density at radius 3 is 3.07 bits per heavy atom. The number of hydrogen-bond acceptors (Lipinski definition) is 4. The highest BCUT2D eigenvalue weighted by Crippen LogP contribution is 2.04. The van der Waals surface area contributed by atoms with Crippen molar-refractivity contribution in [3.05, 3.63) is 29.6 Å². The molecule has 6 heteroatoms. The van der Waals surface area contributed by atoms with E-state index in [0.29, 0.717) is 12.1 Å². The first-order valence-corrected chi connectivity index (χ1v) is 4.06. The quantitative estimate of drug-likeness (QED) is 0.213. The minimum atomic E-state index is 0.0120. The van der Waals surface area contributed by atoms with Crippen LogP contribution >= 0.6 is 0 Å². The average Bonchev–Trinajstić information content (AvgIpc) is 2.19. The van der Waals surface area contributed by atoms with Crippen LogP contribution in [0.2, 0.25) is 0 Å². The van der Waals surface area contributed by atoms with E-state index >= 15 is 0 Å². The van der Waals surface area contributed by atoms with Crippen LogP contribution in [0, 0.1) is 5.41 Å². The van der Waals surface area contributed by atoms with Gasteiger partial charge in [-0.2, -0.15) is 0 Å². The normalized spacial score (nSPS) is 10.6. The second kappa shape index (κ2) is 5.03. The van der Waals surface area contributed by atoms with E-state index in [-0.39, 0.29) is 5.84 Å². The fourth-order valence-corrected chi connectivity index (χ4v) is 1.03. The smallest absolute Gasteiger partial charge is 0.177 e. The van der Waals surface area contributed by atoms with E-state index in [4.69, 9.17) is 11.3 Å². The van der Waals surface area contributed by atoms with Gasteiger partial charge in [0.05, 0.1) is 0 Å². The zero-order valence-corrected chi connectivity index (χ0v) is 7.86. The van der Waals surface area contributed by atoms with Crippen molar-refractivity contribution < 1.29 is 0 Å². The van der Waals surface area contributed by atoms with Crippen molar-refractivity contribution in [2.45, 2.75) is 6.54 Å². The molecule has 0 spiro atoms. The average molecular weight is 192 g/mol. The Labute approximate surface area is 81.7 Å². The predicted octanol–water partition coefficient (Wildman–Crippen LogP) is 0.452. The van der Waals surface area contributed by atoms with Gasteiger partial charge in [-0.05, 0) is 18.7 Å². The zero-order valence-electron chi connectivity index (χ0n) is 7.86. The molecule has 0 fully saturated rings. The third kappa shape index (κ3) is 2.60. The van der Waals surface area contributed by atoms with Gasteiger partial charge in [0.25, 0.3) is 0 Å². The molecule has 0 aliphatic heterocycles. The van der Waals surface area contributed by atoms with Gasteiger partial charge in [0, 0.05) is 24.5 Å². The molecule has 1 heterocycles. The molecule has 0 atom stereocenters. The summed E-state index contributed by atoms with van der Waals surface area (Å²) in [5, 5.41) is 16.9. The molecule has 1 aromatic rings. The summed E-state index contributed by atoms with van der Waals surface area (Å²) in [6, 6.07) is 1.82. The van der Waals surface area contributed by atoms with E-state index in [1.54, 1.807) is 12.4 Å². The van der Waals surface area contributed by atoms with Gasteiger partial charge in [-0.15, -0.1) is 5.11 Å². The van der Waals surface area contributed by atoms with E-state index in [9.17, 15) is 0 Å². The summed E-state index contributed by atoms with van der Waals surface area (Å²) in [6.07, 6.45) is 3.28. The maximum atomic E-state index is 7.46. The van der Waals surface area contributed by atoms with Crippen molar-refractivity contribution in [1.29, 1.82) is 5.41 Å². The SMILES string of the molecule is CNCc1cncc(C(=N)N=NN)c1. The Hall–Kier alpha value is -1.82. The van der Waals surface area contributed by atoms with E-state index < -0.39 is 0 Å². The van der Waals surface area contributed by atoms with Crippen LogP contribution in [0.1, 0.15) is 11.1 Å². The number of pyridine rings is 1. The van der Waals surface area contributed by atoms with Crippen molar-refractivity contribution in [2.75, 3.05) is 7.05 Å². The van der Waals surface area contributed by atoms with Crippen molar-refractivity contribution in [3.63, 3.8) is 0 Å². The number of nitrogens with one attached hydrogen (secondary N) is 2. The van der Waals surface area contributed by atoms with Gasteiger partial charge in [0.1, 0.15) is 0 Å². The van der Waals surface area contributed by atoms with Gasteiger partial charge in [-0.3, -0.25) is 10.4 Å². The van der Waals surface area contributed by atoms with Gasteiger partial charge in [-0.1, -0.05) is 5.22 Å². The standard InChI is InChI=1S/C8H12N6/c1-11-3-6-2-7(5-12-4-6)8(9)13-14-10/h2,4-5,11H,3H2,1H3,(H3,9,10,13). The summed E-state index contributed by atoms with van der Waals surface area (Å²) >= 11 is 0. The number of rotatable bonds is 3. The molecule has 0 unspecified atom stereocenters. The maximum Gasteiger partial charge on any atom is 0.177 e. The fraction of sp³-hybridized carbons (Fsp3) is 0.250. The highest BCUT2D eigenvalue weighted by Gasteiger charge is 2.01. The Bertz CT molecular complexity index is 345. The van der Waals surface area contributed by atoms with Crippen LogP contribution in [-0.4, -0.2) is 17.9 Å². The third-order valence-electron chi connectivity index (χ3n) is 1.61. The molecule has 0 saturated carbocycles. The Morgan fingerprint density at radius 2 is 2.43 bits per heavy atom. The largest absolute Gasteiger partial charge is 0.316 e. The number of amidine groups is 1. The molecule has 1 aromatic heterocycles. The lowest BCUT2D eigenvalue weighted by molar-refractivity contribution is 0.813. The summed E-state index contributed by atoms with van der Waals surface area (Å²) in [5.41, 5.74) is 1.59. The van der Waals surface area contributed by atoms with Crippen LogP contribution in [0.3, 0.4) is 0 Å². The summed E-state index contributed by atoms with van der Waals surface area (Å²) in [7, 11) is 1.84. The van der Waals surface area contributed by atoms with Gasteiger partial charge in [0.2, 0.25) is 0 Å². The molecule has 4 N–H and O–H groups in total. The third-order valence-corrected chi connectivity index (χ3v) is 1.61. The minimum Gasteiger partial charge on any atom is -0.316 e. The van der Waals surface area contributed by atoms with E-state index in [1.165, 1.54) is 0 Å². The van der Waals surface area contributed by atoms with Crippen LogP contribution in [0.15, 0.2) is 28.8 Å². The number of nitrogens with two attached hydrogens (primary N) is 1. The molecule has 0 aromatic carbocycles. The highest BCUT2D eigenvalue weighted by molar-refractivity contribution is 5.96. The second-order valence-corrected chi connectivity index (χ2v) is 2.68. The van der Waals surface area contributed by atoms with Crippen LogP contribution in [0.4, 0.5) is 0 Å². The lowest BCUT2D eigenvalue weighted by Gasteiger charge is -2.01. The molecule has 6 nitrogen and oxygen atoms in total. The number of nitrogens with zero attached hydrogens (tertiary/aromatic N) is 3.